The molecule has 1 saturated heterocycles. The number of fused-ring (bicyclic) bond motifs is 3. The van der Waals surface area contributed by atoms with Crippen LogP contribution < -0.4 is 10.2 Å². The molecular weight excluding hydrogens is 428 g/mol. The molecule has 0 unspecified atom stereocenters. The second-order valence-electron chi connectivity index (χ2n) is 9.14. The minimum atomic E-state index is -0.371. The minimum absolute atomic E-state index is 0.0252. The lowest BCUT2D eigenvalue weighted by molar-refractivity contribution is -0.384. The monoisotopic (exact) mass is 456 g/mol. The van der Waals surface area contributed by atoms with E-state index in [1.807, 2.05) is 30.3 Å². The van der Waals surface area contributed by atoms with Gasteiger partial charge >= 0.3 is 0 Å². The van der Waals surface area contributed by atoms with Crippen molar-refractivity contribution >= 4 is 28.9 Å². The number of carbonyl (C=O) groups is 1. The lowest BCUT2D eigenvalue weighted by Crippen LogP contribution is -2.61. The van der Waals surface area contributed by atoms with E-state index in [0.29, 0.717) is 18.9 Å². The third kappa shape index (κ3) is 4.89. The van der Waals surface area contributed by atoms with Gasteiger partial charge in [0.05, 0.1) is 16.9 Å². The third-order valence-electron chi connectivity index (χ3n) is 6.33. The maximum atomic E-state index is 13.2. The summed E-state index contributed by atoms with van der Waals surface area (Å²) in [5.41, 5.74) is 3.16. The van der Waals surface area contributed by atoms with Crippen molar-refractivity contribution in [1.82, 2.24) is 10.2 Å². The van der Waals surface area contributed by atoms with Gasteiger partial charge in [0.15, 0.2) is 0 Å². The van der Waals surface area contributed by atoms with Crippen molar-refractivity contribution in [3.8, 4) is 0 Å². The van der Waals surface area contributed by atoms with Crippen LogP contribution in [0.1, 0.15) is 25.0 Å². The molecule has 2 aliphatic rings. The van der Waals surface area contributed by atoms with Gasteiger partial charge in [0.1, 0.15) is 0 Å². The van der Waals surface area contributed by atoms with Crippen LogP contribution in [0.15, 0.2) is 42.5 Å². The molecule has 2 aromatic carbocycles. The minimum Gasteiger partial charge on any atom is -0.365 e. The van der Waals surface area contributed by atoms with Crippen molar-refractivity contribution < 1.29 is 9.72 Å². The zero-order chi connectivity index (χ0) is 22.8. The van der Waals surface area contributed by atoms with Crippen LogP contribution in [0.5, 0.6) is 0 Å². The van der Waals surface area contributed by atoms with Crippen LogP contribution >= 0.6 is 11.6 Å². The molecule has 0 spiro atoms. The largest absolute Gasteiger partial charge is 0.365 e. The number of piperazine rings is 1. The Morgan fingerprint density at radius 2 is 1.97 bits per heavy atom. The van der Waals surface area contributed by atoms with Crippen molar-refractivity contribution in [2.75, 3.05) is 31.1 Å². The topological polar surface area (TPSA) is 78.7 Å². The molecule has 1 fully saturated rings. The molecule has 2 atom stereocenters. The SMILES string of the molecule is CC(C)CNC(=O)[C@H]1Cc2cc([N+](=O)[O-])ccc2N2CCN(Cc3ccc(Cl)cc3)C[C@@H]12. The average Bonchev–Trinajstić information content (AvgIpc) is 2.77. The molecule has 170 valence electrons. The molecule has 4 rings (SSSR count). The fourth-order valence-electron chi connectivity index (χ4n) is 4.71. The van der Waals surface area contributed by atoms with Crippen molar-refractivity contribution in [2.24, 2.45) is 11.8 Å². The third-order valence-corrected chi connectivity index (χ3v) is 6.58. The summed E-state index contributed by atoms with van der Waals surface area (Å²) in [5, 5.41) is 15.1. The number of carbonyl (C=O) groups excluding carboxylic acids is 1. The highest BCUT2D eigenvalue weighted by Crippen LogP contribution is 2.38. The van der Waals surface area contributed by atoms with E-state index in [4.69, 9.17) is 11.6 Å². The Morgan fingerprint density at radius 3 is 2.66 bits per heavy atom. The molecule has 7 nitrogen and oxygen atoms in total. The van der Waals surface area contributed by atoms with Gasteiger partial charge in [-0.15, -0.1) is 0 Å². The second-order valence-corrected chi connectivity index (χ2v) is 9.58. The quantitative estimate of drug-likeness (QED) is 0.527. The molecular formula is C24H29ClN4O3. The first-order chi connectivity index (χ1) is 15.3. The van der Waals surface area contributed by atoms with Gasteiger partial charge in [0.25, 0.3) is 5.69 Å². The van der Waals surface area contributed by atoms with E-state index in [1.54, 1.807) is 12.1 Å². The van der Waals surface area contributed by atoms with Crippen molar-refractivity contribution in [3.63, 3.8) is 0 Å². The Kier molecular flexibility index (Phi) is 6.67. The van der Waals surface area contributed by atoms with Crippen LogP contribution in [-0.2, 0) is 17.8 Å². The van der Waals surface area contributed by atoms with Gasteiger partial charge in [-0.3, -0.25) is 19.8 Å². The van der Waals surface area contributed by atoms with Gasteiger partial charge in [0.2, 0.25) is 5.91 Å². The first-order valence-corrected chi connectivity index (χ1v) is 11.5. The number of nitrogens with one attached hydrogen (secondary N) is 1. The number of benzene rings is 2. The number of hydrogen-bond acceptors (Lipinski definition) is 5. The Bertz CT molecular complexity index is 995. The second kappa shape index (κ2) is 9.46. The van der Waals surface area contributed by atoms with E-state index in [0.717, 1.165) is 42.5 Å². The molecule has 2 aliphatic heterocycles. The van der Waals surface area contributed by atoms with E-state index in [1.165, 1.54) is 5.56 Å². The molecule has 8 heteroatoms. The fraction of sp³-hybridized carbons (Fsp3) is 0.458. The van der Waals surface area contributed by atoms with Crippen molar-refractivity contribution in [2.45, 2.75) is 32.9 Å². The molecule has 0 radical (unpaired) electrons. The summed E-state index contributed by atoms with van der Waals surface area (Å²) < 4.78 is 0. The van der Waals surface area contributed by atoms with Crippen molar-refractivity contribution in [3.05, 3.63) is 68.7 Å². The molecule has 32 heavy (non-hydrogen) atoms. The number of nitro groups is 1. The summed E-state index contributed by atoms with van der Waals surface area (Å²) in [4.78, 5) is 28.8. The predicted octanol–water partition coefficient (Wildman–Crippen LogP) is 3.88. The molecule has 0 aromatic heterocycles. The zero-order valence-electron chi connectivity index (χ0n) is 18.5. The number of anilines is 1. The standard InChI is InChI=1S/C24H29ClN4O3/c1-16(2)13-26-24(30)21-12-18-11-20(29(31)32)7-8-22(18)28-10-9-27(15-23(21)28)14-17-3-5-19(25)6-4-17/h3-8,11,16,21,23H,9-10,12-15H2,1-2H3,(H,26,30)/t21-,23-/m0/s1. The van der Waals surface area contributed by atoms with Crippen molar-refractivity contribution in [1.29, 1.82) is 0 Å². The number of halogens is 1. The summed E-state index contributed by atoms with van der Waals surface area (Å²) in [7, 11) is 0. The average molecular weight is 457 g/mol. The smallest absolute Gasteiger partial charge is 0.269 e. The molecule has 2 aromatic rings. The number of non-ortho nitro benzene ring substituents is 1. The Hall–Kier alpha value is -2.64. The molecule has 1 amide bonds. The zero-order valence-corrected chi connectivity index (χ0v) is 19.2. The van der Waals surface area contributed by atoms with E-state index in [-0.39, 0.29) is 28.5 Å². The summed E-state index contributed by atoms with van der Waals surface area (Å²) in [6.07, 6.45) is 0.511. The normalized spacial score (nSPS) is 20.6. The molecule has 2 heterocycles. The lowest BCUT2D eigenvalue weighted by Gasteiger charge is -2.49. The first-order valence-electron chi connectivity index (χ1n) is 11.1. The number of amides is 1. The van der Waals surface area contributed by atoms with Gasteiger partial charge in [-0.25, -0.2) is 0 Å². The van der Waals surface area contributed by atoms with Crippen LogP contribution in [0.3, 0.4) is 0 Å². The highest BCUT2D eigenvalue weighted by Gasteiger charge is 2.41. The summed E-state index contributed by atoms with van der Waals surface area (Å²) in [5.74, 6) is 0.134. The van der Waals surface area contributed by atoms with Gasteiger partial charge in [-0.2, -0.15) is 0 Å². The number of rotatable bonds is 6. The van der Waals surface area contributed by atoms with Crippen LogP contribution in [-0.4, -0.2) is 48.0 Å². The highest BCUT2D eigenvalue weighted by molar-refractivity contribution is 6.30. The summed E-state index contributed by atoms with van der Waals surface area (Å²) in [6.45, 7) is 7.96. The van der Waals surface area contributed by atoms with Gasteiger partial charge in [0, 0.05) is 55.6 Å². The van der Waals surface area contributed by atoms with Crippen LogP contribution in [0, 0.1) is 22.0 Å². The number of nitrogens with zero attached hydrogens (tertiary/aromatic N) is 3. The molecule has 0 bridgehead atoms. The summed E-state index contributed by atoms with van der Waals surface area (Å²) in [6, 6.07) is 12.9. The van der Waals surface area contributed by atoms with E-state index < -0.39 is 0 Å². The molecule has 0 aliphatic carbocycles. The van der Waals surface area contributed by atoms with E-state index >= 15 is 0 Å². The Labute approximate surface area is 193 Å². The lowest BCUT2D eigenvalue weighted by atomic mass is 9.83. The van der Waals surface area contributed by atoms with Crippen LogP contribution in [0.2, 0.25) is 5.02 Å². The number of hydrogen-bond donors (Lipinski definition) is 1. The Morgan fingerprint density at radius 1 is 1.22 bits per heavy atom. The van der Waals surface area contributed by atoms with Crippen LogP contribution in [0.25, 0.3) is 0 Å². The van der Waals surface area contributed by atoms with Gasteiger partial charge < -0.3 is 10.2 Å². The fourth-order valence-corrected chi connectivity index (χ4v) is 4.84. The predicted molar refractivity (Wildman–Crippen MR) is 126 cm³/mol. The van der Waals surface area contributed by atoms with E-state index in [9.17, 15) is 14.9 Å². The van der Waals surface area contributed by atoms with E-state index in [2.05, 4.69) is 29.0 Å². The van der Waals surface area contributed by atoms with Gasteiger partial charge in [-0.1, -0.05) is 37.6 Å². The van der Waals surface area contributed by atoms with Crippen LogP contribution in [0.4, 0.5) is 11.4 Å². The molecule has 0 saturated carbocycles. The first kappa shape index (κ1) is 22.6. The highest BCUT2D eigenvalue weighted by atomic mass is 35.5. The maximum Gasteiger partial charge on any atom is 0.269 e. The summed E-state index contributed by atoms with van der Waals surface area (Å²) >= 11 is 6.02. The Balaban J connectivity index is 1.59. The maximum absolute atomic E-state index is 13.2. The number of nitro benzene ring substituents is 1. The molecule has 1 N–H and O–H groups in total. The van der Waals surface area contributed by atoms with Gasteiger partial charge in [-0.05, 0) is 41.7 Å².